The third-order valence-electron chi connectivity index (χ3n) is 20.7. The van der Waals surface area contributed by atoms with Gasteiger partial charge in [0.15, 0.2) is 42.0 Å². The summed E-state index contributed by atoms with van der Waals surface area (Å²) in [4.78, 5) is 0. The quantitative estimate of drug-likeness (QED) is 0.0874. The van der Waals surface area contributed by atoms with Crippen molar-refractivity contribution >= 4 is 23.1 Å². The van der Waals surface area contributed by atoms with E-state index in [1.54, 1.807) is 38.4 Å². The van der Waals surface area contributed by atoms with Crippen LogP contribution in [0.5, 0.6) is 0 Å². The van der Waals surface area contributed by atoms with Gasteiger partial charge in [-0.2, -0.15) is 36.5 Å². The molecule has 0 bridgehead atoms. The van der Waals surface area contributed by atoms with E-state index >= 15 is 0 Å². The smallest absolute Gasteiger partial charge is 0.221 e. The first kappa shape index (κ1) is 77.3. The average Bonchev–Trinajstić information content (AvgIpc) is 1.30. The summed E-state index contributed by atoms with van der Waals surface area (Å²) in [5.41, 5.74) is 32.2. The normalized spacial score (nSPS) is 11.1. The van der Waals surface area contributed by atoms with E-state index in [0.717, 1.165) is 170 Å². The van der Waals surface area contributed by atoms with Crippen LogP contribution in [0.2, 0.25) is 0 Å². The van der Waals surface area contributed by atoms with Crippen molar-refractivity contribution in [3.05, 3.63) is 360 Å². The van der Waals surface area contributed by atoms with Crippen LogP contribution in [0.1, 0.15) is 67.8 Å². The zero-order valence-corrected chi connectivity index (χ0v) is 68.8. The zero-order chi connectivity index (χ0) is 81.5. The van der Waals surface area contributed by atoms with Crippen LogP contribution in [0.25, 0.3) is 124 Å². The highest BCUT2D eigenvalue weighted by atomic mass is 32.1. The van der Waals surface area contributed by atoms with Crippen LogP contribution in [0.15, 0.2) is 319 Å². The molecule has 0 N–H and O–H groups in total. The maximum absolute atomic E-state index is 5.56. The summed E-state index contributed by atoms with van der Waals surface area (Å²) in [7, 11) is 0. The highest BCUT2D eigenvalue weighted by Gasteiger charge is 2.32. The molecule has 0 spiro atoms. The number of rotatable bonds is 15. The van der Waals surface area contributed by atoms with E-state index < -0.39 is 0 Å². The van der Waals surface area contributed by atoms with Gasteiger partial charge in [0, 0.05) is 60.7 Å². The molecule has 8 heterocycles. The first-order valence-electron chi connectivity index (χ1n) is 38.3. The van der Waals surface area contributed by atoms with Gasteiger partial charge in [0.2, 0.25) is 0 Å². The van der Waals surface area contributed by atoms with Crippen LogP contribution in [0, 0.1) is 83.1 Å². The van der Waals surface area contributed by atoms with Crippen LogP contribution < -0.4 is 36.5 Å². The van der Waals surface area contributed by atoms with Gasteiger partial charge in [-0.1, -0.05) is 170 Å². The number of hydrogen-bond donors (Lipinski definition) is 0. The molecule has 19 rings (SSSR count). The predicted molar refractivity (Wildman–Crippen MR) is 445 cm³/mol. The molecule has 0 saturated heterocycles. The van der Waals surface area contributed by atoms with Gasteiger partial charge in [0.25, 0.3) is 0 Å². The van der Waals surface area contributed by atoms with Crippen LogP contribution in [-0.2, 0) is 0 Å². The van der Waals surface area contributed by atoms with Crippen molar-refractivity contribution in [3.63, 3.8) is 0 Å². The zero-order valence-electron chi connectivity index (χ0n) is 67.1. The molecule has 8 aromatic heterocycles. The van der Waals surface area contributed by atoms with Crippen LogP contribution >= 0.6 is 23.1 Å². The highest BCUT2D eigenvalue weighted by Crippen LogP contribution is 2.34. The summed E-state index contributed by atoms with van der Waals surface area (Å²) in [5, 5.41) is 25.4. The molecule has 22 nitrogen and oxygen atoms in total. The highest BCUT2D eigenvalue weighted by molar-refractivity contribution is 7.03. The minimum Gasteiger partial charge on any atom is -0.221 e. The van der Waals surface area contributed by atoms with Crippen LogP contribution in [0.4, 0.5) is 0 Å². The van der Waals surface area contributed by atoms with Gasteiger partial charge in [-0.3, -0.25) is 0 Å². The maximum atomic E-state index is 5.56. The molecule has 0 unspecified atom stereocenters. The molecule has 0 atom stereocenters. The Kier molecular flexibility index (Phi) is 22.4. The second-order valence-corrected chi connectivity index (χ2v) is 30.0. The Labute approximate surface area is 689 Å². The summed E-state index contributed by atoms with van der Waals surface area (Å²) < 4.78 is 56.5. The third-order valence-corrected chi connectivity index (χ3v) is 22.0. The number of hydrogen-bond acceptors (Lipinski definition) is 16. The summed E-state index contributed by atoms with van der Waals surface area (Å²) in [6, 6.07) is 83.3. The van der Waals surface area contributed by atoms with Gasteiger partial charge in [0.05, 0.1) is 22.3 Å². The lowest BCUT2D eigenvalue weighted by atomic mass is 9.95. The lowest BCUT2D eigenvalue weighted by Gasteiger charge is -2.10. The molecule has 0 aliphatic heterocycles. The molecule has 0 fully saturated rings. The van der Waals surface area contributed by atoms with Gasteiger partial charge in [0.1, 0.15) is 68.6 Å². The first-order valence-corrected chi connectivity index (χ1v) is 39.9. The molecule has 24 heteroatoms. The summed E-state index contributed by atoms with van der Waals surface area (Å²) in [6.45, 7) is 24.6. The Morgan fingerprint density at radius 2 is 0.449 bits per heavy atom. The van der Waals surface area contributed by atoms with E-state index in [4.69, 9.17) is 27.1 Å². The topological polar surface area (TPSA) is 213 Å². The number of aromatic nitrogens is 16. The van der Waals surface area contributed by atoms with Crippen molar-refractivity contribution < 1.29 is 63.7 Å². The van der Waals surface area contributed by atoms with Crippen LogP contribution in [0.3, 0.4) is 0 Å². The Morgan fingerprint density at radius 3 is 0.720 bits per heavy atom. The fraction of sp³-hybridized carbons (Fsp3) is 0.128. The van der Waals surface area contributed by atoms with E-state index in [2.05, 4.69) is 274 Å². The molecule has 0 amide bonds. The summed E-state index contributed by atoms with van der Waals surface area (Å²) in [6.07, 6.45) is 9.74. The Hall–Kier alpha value is -14.6. The summed E-state index contributed by atoms with van der Waals surface area (Å²) in [5.74, 6) is 6.58. The number of aryl methyl sites for hydroxylation is 12. The lowest BCUT2D eigenvalue weighted by Crippen LogP contribution is -2.35. The van der Waals surface area contributed by atoms with Crippen molar-refractivity contribution in [1.82, 2.24) is 39.7 Å². The molecule has 580 valence electrons. The van der Waals surface area contributed by atoms with E-state index in [-0.39, 0.29) is 0 Å². The standard InChI is InChI=1S/C38H32N4O2.C26H24N4O2.C18H16N4O2.C12H12N4S2/c1-25-18-31(29-12-7-5-8-13-29)19-26(2)35(25)37-39-43-23-41(37)33-16-11-17-34(22-33)42-24-44-40-38(42)36-27(3)20-32(21-28(36)4)30-14-9-6-10-15-30;1-17-8-5-9-18(2)23(17)25-27-31-15-29(25)21-12-7-13-22(14-21)30-16-32-28-26(30)24-19(3)10-6-11-20(24)4;1-13-19-23-11-21(13)17-8-16(15-6-4-3-5-7-15)9-18(10-17)22-12-24-20-14(22)2;1-9-13-17-7-15(9)11-4-3-5-12(6-11)16-8-18-14-10(16)2/h5-24H,1-4H3;5-16H,1-4H3;3-12H,1-2H3;3-8H,1-2H3/q4*+2. The molecular weight excluding hydrogens is 1510 g/mol. The molecule has 0 saturated carbocycles. The van der Waals surface area contributed by atoms with Crippen molar-refractivity contribution in [2.45, 2.75) is 83.1 Å². The third kappa shape index (κ3) is 16.2. The maximum Gasteiger partial charge on any atom is 0.385 e. The molecule has 19 aromatic rings. The van der Waals surface area contributed by atoms with Crippen LogP contribution in [-0.4, -0.2) is 39.7 Å². The fourth-order valence-corrected chi connectivity index (χ4v) is 16.2. The van der Waals surface area contributed by atoms with E-state index in [1.807, 2.05) is 139 Å². The van der Waals surface area contributed by atoms with Gasteiger partial charge >= 0.3 is 85.0 Å². The second-order valence-electron chi connectivity index (χ2n) is 28.8. The molecule has 118 heavy (non-hydrogen) atoms. The van der Waals surface area contributed by atoms with Gasteiger partial charge in [-0.15, -0.1) is 0 Å². The SMILES string of the molecule is Cc1cc(-c2ccccc2)cc(C)c1-c1noc[n+]1-c1cccc(-[n+]2conc2-c2c(C)cc(-c3ccccc3)cc2C)c1.Cc1cccc(C)c1-c1noc[n+]1-c1cccc(-[n+]2conc2-c2c(C)cccc2C)c1.Cc1noc[n+]1-c1cc(-c2ccccc2)cc(-[n+]2conc2C)c1.Cc1nsc[n+]1-c1cccc(-[n+]2csnc2C)c1. The predicted octanol–water partition coefficient (Wildman–Crippen LogP) is 17.2. The van der Waals surface area contributed by atoms with Crippen molar-refractivity contribution in [2.75, 3.05) is 0 Å². The van der Waals surface area contributed by atoms with Gasteiger partial charge in [-0.25, -0.2) is 27.1 Å². The van der Waals surface area contributed by atoms with Gasteiger partial charge < -0.3 is 0 Å². The lowest BCUT2D eigenvalue weighted by molar-refractivity contribution is -0.615. The Balaban J connectivity index is 0.000000124. The largest absolute Gasteiger partial charge is 0.385 e. The Bertz CT molecular complexity index is 6320. The Morgan fingerprint density at radius 1 is 0.203 bits per heavy atom. The second kappa shape index (κ2) is 34.2. The fourth-order valence-electron chi connectivity index (χ4n) is 14.9. The summed E-state index contributed by atoms with van der Waals surface area (Å²) >= 11 is 2.93. The number of nitrogens with zero attached hydrogens (tertiary/aromatic N) is 16. The first-order chi connectivity index (χ1) is 57.5. The number of benzene rings is 11. The average molecular weight is 1600 g/mol. The molecular formula is C94H84N16O6S2+8. The monoisotopic (exact) mass is 1600 g/mol. The van der Waals surface area contributed by atoms with E-state index in [0.29, 0.717) is 0 Å². The molecule has 11 aromatic carbocycles. The minimum atomic E-state index is 0.746. The van der Waals surface area contributed by atoms with E-state index in [9.17, 15) is 0 Å². The van der Waals surface area contributed by atoms with Crippen molar-refractivity contribution in [2.24, 2.45) is 0 Å². The molecule has 0 radical (unpaired) electrons. The molecule has 0 aliphatic rings. The van der Waals surface area contributed by atoms with Crippen molar-refractivity contribution in [1.29, 1.82) is 0 Å². The minimum absolute atomic E-state index is 0.746. The van der Waals surface area contributed by atoms with E-state index in [1.165, 1.54) is 45.3 Å². The van der Waals surface area contributed by atoms with Crippen molar-refractivity contribution in [3.8, 4) is 124 Å². The van der Waals surface area contributed by atoms with Gasteiger partial charge in [-0.05, 0) is 182 Å². The molecule has 0 aliphatic carbocycles.